The molecule has 3 nitrogen and oxygen atoms in total. The largest absolute Gasteiger partial charge is 0.326 e. The van der Waals surface area contributed by atoms with Crippen LogP contribution >= 0.6 is 0 Å². The van der Waals surface area contributed by atoms with E-state index in [-0.39, 0.29) is 12.1 Å². The Kier molecular flexibility index (Phi) is 1.28. The van der Waals surface area contributed by atoms with Crippen molar-refractivity contribution in [2.75, 3.05) is 13.1 Å². The first-order valence-corrected chi connectivity index (χ1v) is 3.81. The van der Waals surface area contributed by atoms with E-state index in [2.05, 4.69) is 4.90 Å². The van der Waals surface area contributed by atoms with Gasteiger partial charge in [-0.15, -0.1) is 0 Å². The van der Waals surface area contributed by atoms with Crippen molar-refractivity contribution in [2.45, 2.75) is 24.9 Å². The van der Waals surface area contributed by atoms with Crippen LogP contribution in [0.3, 0.4) is 0 Å². The van der Waals surface area contributed by atoms with Gasteiger partial charge in [0.1, 0.15) is 0 Å². The highest BCUT2D eigenvalue weighted by Crippen LogP contribution is 2.23. The minimum Gasteiger partial charge on any atom is -0.326 e. The molecule has 0 aromatic rings. The SMILES string of the molecule is N[C@H]1CCN2CCC(=O)C12. The zero-order chi connectivity index (χ0) is 7.14. The molecule has 0 spiro atoms. The Morgan fingerprint density at radius 3 is 3.00 bits per heavy atom. The van der Waals surface area contributed by atoms with E-state index >= 15 is 0 Å². The van der Waals surface area contributed by atoms with Crippen molar-refractivity contribution in [2.24, 2.45) is 5.73 Å². The summed E-state index contributed by atoms with van der Waals surface area (Å²) in [7, 11) is 0. The Labute approximate surface area is 60.2 Å². The van der Waals surface area contributed by atoms with Gasteiger partial charge >= 0.3 is 0 Å². The molecule has 0 radical (unpaired) electrons. The topological polar surface area (TPSA) is 46.3 Å². The summed E-state index contributed by atoms with van der Waals surface area (Å²) in [5, 5.41) is 0. The number of Topliss-reactive ketones (excluding diaryl/α,β-unsaturated/α-hetero) is 1. The van der Waals surface area contributed by atoms with Crippen LogP contribution in [-0.2, 0) is 4.79 Å². The van der Waals surface area contributed by atoms with Crippen molar-refractivity contribution in [3.63, 3.8) is 0 Å². The third-order valence-corrected chi connectivity index (χ3v) is 2.52. The van der Waals surface area contributed by atoms with Crippen LogP contribution in [0, 0.1) is 0 Å². The van der Waals surface area contributed by atoms with Crippen LogP contribution < -0.4 is 5.73 Å². The van der Waals surface area contributed by atoms with Gasteiger partial charge < -0.3 is 5.73 Å². The van der Waals surface area contributed by atoms with Crippen LogP contribution in [0.1, 0.15) is 12.8 Å². The van der Waals surface area contributed by atoms with Crippen LogP contribution in [0.15, 0.2) is 0 Å². The average molecular weight is 140 g/mol. The Morgan fingerprint density at radius 2 is 2.30 bits per heavy atom. The highest BCUT2D eigenvalue weighted by atomic mass is 16.1. The monoisotopic (exact) mass is 140 g/mol. The fourth-order valence-corrected chi connectivity index (χ4v) is 1.98. The second kappa shape index (κ2) is 2.04. The Hall–Kier alpha value is -0.410. The molecule has 2 N–H and O–H groups in total. The second-order valence-electron chi connectivity index (χ2n) is 3.15. The molecular weight excluding hydrogens is 128 g/mol. The van der Waals surface area contributed by atoms with Crippen molar-refractivity contribution in [3.8, 4) is 0 Å². The van der Waals surface area contributed by atoms with Gasteiger partial charge in [-0.1, -0.05) is 0 Å². The summed E-state index contributed by atoms with van der Waals surface area (Å²) >= 11 is 0. The maximum absolute atomic E-state index is 11.1. The van der Waals surface area contributed by atoms with Gasteiger partial charge in [0.25, 0.3) is 0 Å². The minimum absolute atomic E-state index is 0.0833. The molecule has 2 aliphatic rings. The van der Waals surface area contributed by atoms with E-state index in [0.29, 0.717) is 5.78 Å². The van der Waals surface area contributed by atoms with Crippen LogP contribution in [0.2, 0.25) is 0 Å². The summed E-state index contributed by atoms with van der Waals surface area (Å²) in [5.74, 6) is 0.352. The molecule has 10 heavy (non-hydrogen) atoms. The molecular formula is C7H12N2O. The number of carbonyl (C=O) groups is 1. The molecule has 2 heterocycles. The zero-order valence-corrected chi connectivity index (χ0v) is 5.92. The molecule has 2 fully saturated rings. The van der Waals surface area contributed by atoms with Gasteiger partial charge in [-0.3, -0.25) is 9.69 Å². The molecule has 3 heteroatoms. The molecule has 56 valence electrons. The first kappa shape index (κ1) is 6.31. The van der Waals surface area contributed by atoms with Gasteiger partial charge in [0, 0.05) is 25.6 Å². The fourth-order valence-electron chi connectivity index (χ4n) is 1.98. The summed E-state index contributed by atoms with van der Waals surface area (Å²) in [4.78, 5) is 13.3. The second-order valence-corrected chi connectivity index (χ2v) is 3.15. The quantitative estimate of drug-likeness (QED) is 0.487. The lowest BCUT2D eigenvalue weighted by Gasteiger charge is -2.14. The maximum Gasteiger partial charge on any atom is 0.152 e. The van der Waals surface area contributed by atoms with Crippen molar-refractivity contribution in [3.05, 3.63) is 0 Å². The molecule has 2 rings (SSSR count). The number of fused-ring (bicyclic) bond motifs is 1. The van der Waals surface area contributed by atoms with Crippen LogP contribution in [-0.4, -0.2) is 35.9 Å². The molecule has 0 amide bonds. The van der Waals surface area contributed by atoms with Gasteiger partial charge in [0.15, 0.2) is 5.78 Å². The smallest absolute Gasteiger partial charge is 0.152 e. The minimum atomic E-state index is 0.0833. The van der Waals surface area contributed by atoms with Crippen molar-refractivity contribution >= 4 is 5.78 Å². The van der Waals surface area contributed by atoms with Gasteiger partial charge in [0.05, 0.1) is 6.04 Å². The van der Waals surface area contributed by atoms with E-state index in [9.17, 15) is 4.79 Å². The number of carbonyl (C=O) groups excluding carboxylic acids is 1. The van der Waals surface area contributed by atoms with Crippen LogP contribution in [0.4, 0.5) is 0 Å². The number of nitrogens with two attached hydrogens (primary N) is 1. The molecule has 0 aliphatic carbocycles. The third-order valence-electron chi connectivity index (χ3n) is 2.52. The Bertz CT molecular complexity index is 169. The van der Waals surface area contributed by atoms with Crippen LogP contribution in [0.5, 0.6) is 0 Å². The summed E-state index contributed by atoms with van der Waals surface area (Å²) in [6, 6.07) is 0.204. The predicted octanol–water partition coefficient (Wildman–Crippen LogP) is -0.639. The van der Waals surface area contributed by atoms with E-state index in [1.165, 1.54) is 0 Å². The first-order chi connectivity index (χ1) is 4.79. The average Bonchev–Trinajstić information content (AvgIpc) is 2.40. The summed E-state index contributed by atoms with van der Waals surface area (Å²) in [5.41, 5.74) is 5.75. The first-order valence-electron chi connectivity index (χ1n) is 3.81. The number of ketones is 1. The molecule has 2 atom stereocenters. The molecule has 2 aliphatic heterocycles. The predicted molar refractivity (Wildman–Crippen MR) is 37.6 cm³/mol. The van der Waals surface area contributed by atoms with Gasteiger partial charge in [-0.25, -0.2) is 0 Å². The molecule has 0 aromatic heterocycles. The zero-order valence-electron chi connectivity index (χ0n) is 5.92. The lowest BCUT2D eigenvalue weighted by Crippen LogP contribution is -2.39. The lowest BCUT2D eigenvalue weighted by molar-refractivity contribution is -0.119. The van der Waals surface area contributed by atoms with E-state index < -0.39 is 0 Å². The summed E-state index contributed by atoms with van der Waals surface area (Å²) in [6.07, 6.45) is 1.72. The van der Waals surface area contributed by atoms with Crippen molar-refractivity contribution in [1.29, 1.82) is 0 Å². The standard InChI is InChI=1S/C7H12N2O/c8-5-1-3-9-4-2-6(10)7(5)9/h5,7H,1-4,8H2/t5-,7?/m0/s1. The van der Waals surface area contributed by atoms with Gasteiger partial charge in [-0.2, -0.15) is 0 Å². The van der Waals surface area contributed by atoms with E-state index in [1.807, 2.05) is 0 Å². The molecule has 2 saturated heterocycles. The van der Waals surface area contributed by atoms with Gasteiger partial charge in [0.2, 0.25) is 0 Å². The molecule has 1 unspecified atom stereocenters. The van der Waals surface area contributed by atoms with E-state index in [4.69, 9.17) is 5.73 Å². The maximum atomic E-state index is 11.1. The highest BCUT2D eigenvalue weighted by Gasteiger charge is 2.40. The highest BCUT2D eigenvalue weighted by molar-refractivity contribution is 5.87. The third kappa shape index (κ3) is 0.707. The normalized spacial score (nSPS) is 40.7. The van der Waals surface area contributed by atoms with E-state index in [0.717, 1.165) is 25.9 Å². The Morgan fingerprint density at radius 1 is 1.50 bits per heavy atom. The molecule has 0 bridgehead atoms. The number of hydrogen-bond acceptors (Lipinski definition) is 3. The Balaban J connectivity index is 2.19. The summed E-state index contributed by atoms with van der Waals surface area (Å²) in [6.45, 7) is 1.97. The number of hydrogen-bond donors (Lipinski definition) is 1. The van der Waals surface area contributed by atoms with Crippen molar-refractivity contribution < 1.29 is 4.79 Å². The van der Waals surface area contributed by atoms with Crippen LogP contribution in [0.25, 0.3) is 0 Å². The lowest BCUT2D eigenvalue weighted by atomic mass is 10.1. The molecule has 0 aromatic carbocycles. The summed E-state index contributed by atoms with van der Waals surface area (Å²) < 4.78 is 0. The molecule has 0 saturated carbocycles. The van der Waals surface area contributed by atoms with Gasteiger partial charge in [-0.05, 0) is 6.42 Å². The fraction of sp³-hybridized carbons (Fsp3) is 0.857. The number of rotatable bonds is 0. The number of nitrogens with zero attached hydrogens (tertiary/aromatic N) is 1. The van der Waals surface area contributed by atoms with Crippen molar-refractivity contribution in [1.82, 2.24) is 4.90 Å². The van der Waals surface area contributed by atoms with E-state index in [1.54, 1.807) is 0 Å².